The molecule has 17 heavy (non-hydrogen) atoms. The second-order valence-corrected chi connectivity index (χ2v) is 5.57. The summed E-state index contributed by atoms with van der Waals surface area (Å²) in [5.74, 6) is -0.0798. The van der Waals surface area contributed by atoms with Crippen molar-refractivity contribution in [2.24, 2.45) is 11.1 Å². The summed E-state index contributed by atoms with van der Waals surface area (Å²) < 4.78 is 0. The summed E-state index contributed by atoms with van der Waals surface area (Å²) in [6.07, 6.45) is 0.580. The van der Waals surface area contributed by atoms with Crippen LogP contribution in [0.2, 0.25) is 0 Å². The SMILES string of the molecule is CC(C)(C)CNC(=O)[C@@H](N)Cc1ccccc1. The van der Waals surface area contributed by atoms with Crippen LogP contribution >= 0.6 is 0 Å². The normalized spacial score (nSPS) is 13.2. The summed E-state index contributed by atoms with van der Waals surface area (Å²) in [5, 5.41) is 2.88. The van der Waals surface area contributed by atoms with E-state index in [-0.39, 0.29) is 11.3 Å². The summed E-state index contributed by atoms with van der Waals surface area (Å²) >= 11 is 0. The Kier molecular flexibility index (Phi) is 4.70. The van der Waals surface area contributed by atoms with Gasteiger partial charge in [-0.1, -0.05) is 51.1 Å². The third-order valence-corrected chi connectivity index (χ3v) is 2.43. The van der Waals surface area contributed by atoms with Crippen molar-refractivity contribution in [3.63, 3.8) is 0 Å². The molecule has 0 saturated carbocycles. The predicted octanol–water partition coefficient (Wildman–Crippen LogP) is 1.72. The number of amides is 1. The number of carbonyl (C=O) groups is 1. The molecule has 1 atom stereocenters. The topological polar surface area (TPSA) is 55.1 Å². The fourth-order valence-electron chi connectivity index (χ4n) is 1.44. The molecule has 1 rings (SSSR count). The first-order chi connectivity index (χ1) is 7.88. The smallest absolute Gasteiger partial charge is 0.237 e. The monoisotopic (exact) mass is 234 g/mol. The highest BCUT2D eigenvalue weighted by molar-refractivity contribution is 5.81. The van der Waals surface area contributed by atoms with E-state index in [1.165, 1.54) is 0 Å². The molecule has 0 bridgehead atoms. The van der Waals surface area contributed by atoms with Gasteiger partial charge in [0.05, 0.1) is 6.04 Å². The maximum Gasteiger partial charge on any atom is 0.237 e. The van der Waals surface area contributed by atoms with E-state index in [2.05, 4.69) is 26.1 Å². The van der Waals surface area contributed by atoms with Gasteiger partial charge >= 0.3 is 0 Å². The van der Waals surface area contributed by atoms with Crippen molar-refractivity contribution in [2.75, 3.05) is 6.54 Å². The van der Waals surface area contributed by atoms with Gasteiger partial charge in [-0.25, -0.2) is 0 Å². The predicted molar refractivity (Wildman–Crippen MR) is 70.6 cm³/mol. The van der Waals surface area contributed by atoms with Crippen LogP contribution in [-0.2, 0) is 11.2 Å². The second-order valence-electron chi connectivity index (χ2n) is 5.57. The average molecular weight is 234 g/mol. The van der Waals surface area contributed by atoms with E-state index >= 15 is 0 Å². The molecule has 0 fully saturated rings. The molecule has 1 aromatic carbocycles. The largest absolute Gasteiger partial charge is 0.354 e. The zero-order valence-electron chi connectivity index (χ0n) is 10.9. The Morgan fingerprint density at radius 3 is 2.41 bits per heavy atom. The summed E-state index contributed by atoms with van der Waals surface area (Å²) in [4.78, 5) is 11.8. The van der Waals surface area contributed by atoms with Crippen LogP contribution < -0.4 is 11.1 Å². The van der Waals surface area contributed by atoms with Crippen LogP contribution in [0.1, 0.15) is 26.3 Å². The van der Waals surface area contributed by atoms with Crippen molar-refractivity contribution in [2.45, 2.75) is 33.2 Å². The summed E-state index contributed by atoms with van der Waals surface area (Å²) in [5.41, 5.74) is 7.04. The highest BCUT2D eigenvalue weighted by atomic mass is 16.2. The molecule has 3 heteroatoms. The fraction of sp³-hybridized carbons (Fsp3) is 0.500. The van der Waals surface area contributed by atoms with Gasteiger partial charge in [0.2, 0.25) is 5.91 Å². The van der Waals surface area contributed by atoms with Crippen LogP contribution in [0.25, 0.3) is 0 Å². The standard InChI is InChI=1S/C14H22N2O/c1-14(2,3)10-16-13(17)12(15)9-11-7-5-4-6-8-11/h4-8,12H,9-10,15H2,1-3H3,(H,16,17)/t12-/m0/s1. The first-order valence-corrected chi connectivity index (χ1v) is 5.96. The molecule has 0 radical (unpaired) electrons. The van der Waals surface area contributed by atoms with Gasteiger partial charge in [-0.05, 0) is 17.4 Å². The molecule has 1 aromatic rings. The van der Waals surface area contributed by atoms with E-state index in [1.807, 2.05) is 30.3 Å². The average Bonchev–Trinajstić information content (AvgIpc) is 2.26. The maximum absolute atomic E-state index is 11.8. The lowest BCUT2D eigenvalue weighted by atomic mass is 9.96. The highest BCUT2D eigenvalue weighted by Gasteiger charge is 2.17. The molecule has 3 nitrogen and oxygen atoms in total. The van der Waals surface area contributed by atoms with Crippen LogP contribution in [0.5, 0.6) is 0 Å². The molecule has 3 N–H and O–H groups in total. The minimum Gasteiger partial charge on any atom is -0.354 e. The van der Waals surface area contributed by atoms with Gasteiger partial charge in [-0.15, -0.1) is 0 Å². The van der Waals surface area contributed by atoms with Crippen LogP contribution in [-0.4, -0.2) is 18.5 Å². The molecule has 94 valence electrons. The van der Waals surface area contributed by atoms with Gasteiger partial charge in [-0.3, -0.25) is 4.79 Å². The minimum absolute atomic E-state index is 0.0798. The molecule has 0 heterocycles. The van der Waals surface area contributed by atoms with E-state index in [9.17, 15) is 4.79 Å². The lowest BCUT2D eigenvalue weighted by Gasteiger charge is -2.20. The molecular weight excluding hydrogens is 212 g/mol. The Balaban J connectivity index is 2.43. The first kappa shape index (κ1) is 13.7. The Bertz CT molecular complexity index is 354. The van der Waals surface area contributed by atoms with Gasteiger partial charge in [-0.2, -0.15) is 0 Å². The van der Waals surface area contributed by atoms with E-state index in [0.717, 1.165) is 5.56 Å². The summed E-state index contributed by atoms with van der Waals surface area (Å²) in [7, 11) is 0. The molecule has 0 aromatic heterocycles. The van der Waals surface area contributed by atoms with Crippen molar-refractivity contribution in [3.05, 3.63) is 35.9 Å². The van der Waals surface area contributed by atoms with Gasteiger partial charge in [0.15, 0.2) is 0 Å². The first-order valence-electron chi connectivity index (χ1n) is 5.96. The number of nitrogens with one attached hydrogen (secondary N) is 1. The van der Waals surface area contributed by atoms with Gasteiger partial charge in [0.25, 0.3) is 0 Å². The molecule has 0 aliphatic carbocycles. The molecule has 0 spiro atoms. The fourth-order valence-corrected chi connectivity index (χ4v) is 1.44. The van der Waals surface area contributed by atoms with Crippen molar-refractivity contribution in [1.82, 2.24) is 5.32 Å². The van der Waals surface area contributed by atoms with E-state index in [4.69, 9.17) is 5.73 Å². The number of nitrogens with two attached hydrogens (primary N) is 1. The maximum atomic E-state index is 11.8. The molecule has 0 aliphatic rings. The molecule has 0 unspecified atom stereocenters. The molecular formula is C14H22N2O. The van der Waals surface area contributed by atoms with E-state index in [1.54, 1.807) is 0 Å². The number of rotatable bonds is 4. The van der Waals surface area contributed by atoms with Gasteiger partial charge < -0.3 is 11.1 Å². The van der Waals surface area contributed by atoms with Crippen molar-refractivity contribution < 1.29 is 4.79 Å². The molecule has 0 saturated heterocycles. The van der Waals surface area contributed by atoms with Gasteiger partial charge in [0.1, 0.15) is 0 Å². The lowest BCUT2D eigenvalue weighted by molar-refractivity contribution is -0.122. The number of benzene rings is 1. The van der Waals surface area contributed by atoms with Crippen LogP contribution in [0.15, 0.2) is 30.3 Å². The van der Waals surface area contributed by atoms with Crippen molar-refractivity contribution in [1.29, 1.82) is 0 Å². The summed E-state index contributed by atoms with van der Waals surface area (Å²) in [6.45, 7) is 6.89. The van der Waals surface area contributed by atoms with Crippen LogP contribution in [0.3, 0.4) is 0 Å². The number of hydrogen-bond donors (Lipinski definition) is 2. The molecule has 0 aliphatic heterocycles. The lowest BCUT2D eigenvalue weighted by Crippen LogP contribution is -2.44. The Morgan fingerprint density at radius 2 is 1.88 bits per heavy atom. The van der Waals surface area contributed by atoms with Crippen LogP contribution in [0.4, 0.5) is 0 Å². The second kappa shape index (κ2) is 5.82. The third kappa shape index (κ3) is 5.50. The highest BCUT2D eigenvalue weighted by Crippen LogP contribution is 2.10. The van der Waals surface area contributed by atoms with Gasteiger partial charge in [0, 0.05) is 6.54 Å². The minimum atomic E-state index is -0.472. The number of hydrogen-bond acceptors (Lipinski definition) is 2. The zero-order valence-corrected chi connectivity index (χ0v) is 10.9. The Morgan fingerprint density at radius 1 is 1.29 bits per heavy atom. The zero-order chi connectivity index (χ0) is 12.9. The summed E-state index contributed by atoms with van der Waals surface area (Å²) in [6, 6.07) is 9.35. The Hall–Kier alpha value is -1.35. The van der Waals surface area contributed by atoms with Crippen molar-refractivity contribution >= 4 is 5.91 Å². The van der Waals surface area contributed by atoms with Crippen LogP contribution in [0, 0.1) is 5.41 Å². The van der Waals surface area contributed by atoms with Crippen molar-refractivity contribution in [3.8, 4) is 0 Å². The quantitative estimate of drug-likeness (QED) is 0.833. The van der Waals surface area contributed by atoms with E-state index in [0.29, 0.717) is 13.0 Å². The number of carbonyl (C=O) groups excluding carboxylic acids is 1. The Labute approximate surface area is 103 Å². The molecule has 1 amide bonds. The van der Waals surface area contributed by atoms with E-state index < -0.39 is 6.04 Å². The third-order valence-electron chi connectivity index (χ3n) is 2.43.